The van der Waals surface area contributed by atoms with Crippen molar-refractivity contribution in [3.8, 4) is 11.5 Å². The minimum Gasteiger partial charge on any atom is -0.497 e. The van der Waals surface area contributed by atoms with E-state index in [1.165, 1.54) is 5.56 Å². The topological polar surface area (TPSA) is 30.5 Å². The highest BCUT2D eigenvalue weighted by molar-refractivity contribution is 9.10. The molecule has 4 heteroatoms. The van der Waals surface area contributed by atoms with E-state index in [-0.39, 0.29) is 6.04 Å². The van der Waals surface area contributed by atoms with Gasteiger partial charge in [0.2, 0.25) is 0 Å². The van der Waals surface area contributed by atoms with Gasteiger partial charge < -0.3 is 14.8 Å². The van der Waals surface area contributed by atoms with Crippen molar-refractivity contribution < 1.29 is 9.47 Å². The third-order valence-electron chi connectivity index (χ3n) is 3.13. The molecule has 0 saturated carbocycles. The summed E-state index contributed by atoms with van der Waals surface area (Å²) in [7, 11) is 3.32. The van der Waals surface area contributed by atoms with E-state index in [0.29, 0.717) is 0 Å². The first-order valence-corrected chi connectivity index (χ1v) is 7.17. The van der Waals surface area contributed by atoms with E-state index in [4.69, 9.17) is 9.47 Å². The molecular formula is C16H18BrNO2. The summed E-state index contributed by atoms with van der Waals surface area (Å²) in [6.45, 7) is 2.11. The van der Waals surface area contributed by atoms with Crippen LogP contribution in [0.2, 0.25) is 0 Å². The summed E-state index contributed by atoms with van der Waals surface area (Å²) < 4.78 is 11.7. The van der Waals surface area contributed by atoms with E-state index < -0.39 is 0 Å². The van der Waals surface area contributed by atoms with Gasteiger partial charge in [0, 0.05) is 16.6 Å². The number of ether oxygens (including phenoxy) is 2. The molecule has 2 aromatic rings. The Morgan fingerprint density at radius 1 is 1.05 bits per heavy atom. The minimum atomic E-state index is 0.161. The van der Waals surface area contributed by atoms with Crippen molar-refractivity contribution in [3.63, 3.8) is 0 Å². The first-order valence-electron chi connectivity index (χ1n) is 6.38. The Morgan fingerprint density at radius 2 is 1.85 bits per heavy atom. The second kappa shape index (κ2) is 6.66. The lowest BCUT2D eigenvalue weighted by atomic mass is 10.1. The fourth-order valence-electron chi connectivity index (χ4n) is 2.02. The van der Waals surface area contributed by atoms with Gasteiger partial charge in [-0.25, -0.2) is 0 Å². The molecule has 0 bridgehead atoms. The van der Waals surface area contributed by atoms with Crippen LogP contribution in [0.3, 0.4) is 0 Å². The molecule has 0 spiro atoms. The van der Waals surface area contributed by atoms with Crippen LogP contribution >= 0.6 is 15.9 Å². The van der Waals surface area contributed by atoms with Gasteiger partial charge in [0.1, 0.15) is 11.5 Å². The highest BCUT2D eigenvalue weighted by Gasteiger charge is 2.10. The zero-order valence-corrected chi connectivity index (χ0v) is 13.4. The Hall–Kier alpha value is -1.68. The standard InChI is InChI=1S/C16H18BrNO2/c1-11(12-5-4-6-13(17)9-12)18-15-10-14(19-2)7-8-16(15)20-3/h4-11,18H,1-3H3. The summed E-state index contributed by atoms with van der Waals surface area (Å²) in [6, 6.07) is 14.1. The highest BCUT2D eigenvalue weighted by atomic mass is 79.9. The molecule has 0 radical (unpaired) electrons. The second-order valence-electron chi connectivity index (χ2n) is 4.49. The average Bonchev–Trinajstić information content (AvgIpc) is 2.47. The normalized spacial score (nSPS) is 11.8. The van der Waals surface area contributed by atoms with E-state index in [0.717, 1.165) is 21.7 Å². The zero-order valence-electron chi connectivity index (χ0n) is 11.8. The molecule has 1 N–H and O–H groups in total. The number of halogens is 1. The number of methoxy groups -OCH3 is 2. The van der Waals surface area contributed by atoms with Crippen LogP contribution < -0.4 is 14.8 Å². The van der Waals surface area contributed by atoms with E-state index in [1.807, 2.05) is 30.3 Å². The molecule has 1 unspecified atom stereocenters. The largest absolute Gasteiger partial charge is 0.497 e. The van der Waals surface area contributed by atoms with E-state index >= 15 is 0 Å². The molecule has 0 aliphatic carbocycles. The Morgan fingerprint density at radius 3 is 2.50 bits per heavy atom. The first kappa shape index (κ1) is 14.7. The predicted molar refractivity (Wildman–Crippen MR) is 85.7 cm³/mol. The van der Waals surface area contributed by atoms with Gasteiger partial charge in [0.05, 0.1) is 19.9 Å². The van der Waals surface area contributed by atoms with Gasteiger partial charge in [0.25, 0.3) is 0 Å². The summed E-state index contributed by atoms with van der Waals surface area (Å²) in [5, 5.41) is 3.45. The molecule has 0 aromatic heterocycles. The smallest absolute Gasteiger partial charge is 0.142 e. The van der Waals surface area contributed by atoms with Crippen molar-refractivity contribution in [2.75, 3.05) is 19.5 Å². The molecule has 106 valence electrons. The molecule has 2 rings (SSSR count). The maximum Gasteiger partial charge on any atom is 0.142 e. The molecule has 0 amide bonds. The third kappa shape index (κ3) is 3.45. The Bertz CT molecular complexity index is 586. The number of anilines is 1. The highest BCUT2D eigenvalue weighted by Crippen LogP contribution is 2.32. The fourth-order valence-corrected chi connectivity index (χ4v) is 2.44. The molecule has 0 fully saturated rings. The van der Waals surface area contributed by atoms with Crippen LogP contribution in [0.1, 0.15) is 18.5 Å². The molecule has 3 nitrogen and oxygen atoms in total. The second-order valence-corrected chi connectivity index (χ2v) is 5.40. The third-order valence-corrected chi connectivity index (χ3v) is 3.62. The SMILES string of the molecule is COc1ccc(OC)c(NC(C)c2cccc(Br)c2)c1. The van der Waals surface area contributed by atoms with Crippen molar-refractivity contribution >= 4 is 21.6 Å². The van der Waals surface area contributed by atoms with Crippen LogP contribution in [0.4, 0.5) is 5.69 Å². The molecule has 0 aliphatic heterocycles. The van der Waals surface area contributed by atoms with Crippen LogP contribution in [0.5, 0.6) is 11.5 Å². The van der Waals surface area contributed by atoms with Gasteiger partial charge in [0.15, 0.2) is 0 Å². The van der Waals surface area contributed by atoms with Crippen LogP contribution in [-0.2, 0) is 0 Å². The van der Waals surface area contributed by atoms with Crippen molar-refractivity contribution in [2.45, 2.75) is 13.0 Å². The van der Waals surface area contributed by atoms with E-state index in [2.05, 4.69) is 40.3 Å². The van der Waals surface area contributed by atoms with Crippen molar-refractivity contribution in [1.29, 1.82) is 0 Å². The summed E-state index contributed by atoms with van der Waals surface area (Å²) in [4.78, 5) is 0. The fraction of sp³-hybridized carbons (Fsp3) is 0.250. The van der Waals surface area contributed by atoms with Gasteiger partial charge in [-0.2, -0.15) is 0 Å². The van der Waals surface area contributed by atoms with Crippen LogP contribution in [0.15, 0.2) is 46.9 Å². The first-order chi connectivity index (χ1) is 9.63. The monoisotopic (exact) mass is 335 g/mol. The molecule has 2 aromatic carbocycles. The van der Waals surface area contributed by atoms with Gasteiger partial charge >= 0.3 is 0 Å². The Kier molecular flexibility index (Phi) is 4.90. The maximum absolute atomic E-state index is 5.38. The molecule has 1 atom stereocenters. The maximum atomic E-state index is 5.38. The summed E-state index contributed by atoms with van der Waals surface area (Å²) in [6.07, 6.45) is 0. The Labute approximate surface area is 128 Å². The van der Waals surface area contributed by atoms with E-state index in [1.54, 1.807) is 14.2 Å². The number of benzene rings is 2. The number of hydrogen-bond acceptors (Lipinski definition) is 3. The van der Waals surface area contributed by atoms with Crippen molar-refractivity contribution in [3.05, 3.63) is 52.5 Å². The number of nitrogens with one attached hydrogen (secondary N) is 1. The summed E-state index contributed by atoms with van der Waals surface area (Å²) in [5.41, 5.74) is 2.11. The van der Waals surface area contributed by atoms with Crippen LogP contribution in [-0.4, -0.2) is 14.2 Å². The molecule has 0 saturated heterocycles. The van der Waals surface area contributed by atoms with Gasteiger partial charge in [-0.15, -0.1) is 0 Å². The quantitative estimate of drug-likeness (QED) is 0.863. The minimum absolute atomic E-state index is 0.161. The summed E-state index contributed by atoms with van der Waals surface area (Å²) in [5.74, 6) is 1.60. The lowest BCUT2D eigenvalue weighted by molar-refractivity contribution is 0.404. The Balaban J connectivity index is 2.24. The van der Waals surface area contributed by atoms with Gasteiger partial charge in [-0.05, 0) is 36.8 Å². The number of hydrogen-bond donors (Lipinski definition) is 1. The van der Waals surface area contributed by atoms with Crippen molar-refractivity contribution in [2.24, 2.45) is 0 Å². The zero-order chi connectivity index (χ0) is 14.5. The summed E-state index contributed by atoms with van der Waals surface area (Å²) >= 11 is 3.49. The lowest BCUT2D eigenvalue weighted by Crippen LogP contribution is -2.07. The average molecular weight is 336 g/mol. The number of rotatable bonds is 5. The van der Waals surface area contributed by atoms with Crippen LogP contribution in [0.25, 0.3) is 0 Å². The van der Waals surface area contributed by atoms with Gasteiger partial charge in [-0.1, -0.05) is 28.1 Å². The van der Waals surface area contributed by atoms with E-state index in [9.17, 15) is 0 Å². The molecule has 20 heavy (non-hydrogen) atoms. The van der Waals surface area contributed by atoms with Gasteiger partial charge in [-0.3, -0.25) is 0 Å². The molecule has 0 aliphatic rings. The predicted octanol–water partition coefficient (Wildman–Crippen LogP) is 4.64. The molecular weight excluding hydrogens is 318 g/mol. The van der Waals surface area contributed by atoms with Crippen LogP contribution in [0, 0.1) is 0 Å². The molecule has 0 heterocycles. The lowest BCUT2D eigenvalue weighted by Gasteiger charge is -2.18. The van der Waals surface area contributed by atoms with Crippen molar-refractivity contribution in [1.82, 2.24) is 0 Å².